The van der Waals surface area contributed by atoms with Gasteiger partial charge in [-0.15, -0.1) is 0 Å². The van der Waals surface area contributed by atoms with Crippen molar-refractivity contribution < 1.29 is 14.6 Å². The van der Waals surface area contributed by atoms with Crippen LogP contribution in [-0.4, -0.2) is 5.11 Å². The normalized spacial score (nSPS) is 10.2. The van der Waals surface area contributed by atoms with Gasteiger partial charge in [-0.25, -0.2) is 0 Å². The number of hydrogen-bond donors (Lipinski definition) is 1. The molecule has 0 aliphatic rings. The van der Waals surface area contributed by atoms with Crippen LogP contribution >= 0.6 is 0 Å². The standard InChI is InChI=1S/C38H26N4O3/c1-24-6-3-8-26(36(24)43)16-28-10-5-11-29(38(28)45-35-15-13-31(21-40)33(19-35)23-42)17-27-9-4-7-25(2)37(27)44-34-14-12-30(20-39)32(18-34)22-41/h3-15,18-19,43H,16-17H2,1-2H3. The Morgan fingerprint density at radius 1 is 0.511 bits per heavy atom. The molecule has 0 saturated heterocycles. The number of nitrogens with zero attached hydrogens (tertiary/aromatic N) is 4. The number of para-hydroxylation sites is 3. The van der Waals surface area contributed by atoms with Gasteiger partial charge in [0.1, 0.15) is 53.0 Å². The molecule has 0 aliphatic carbocycles. The number of benzene rings is 5. The molecule has 5 aromatic carbocycles. The number of aromatic hydroxyl groups is 1. The number of aryl methyl sites for hydroxylation is 2. The van der Waals surface area contributed by atoms with Gasteiger partial charge in [0, 0.05) is 12.8 Å². The van der Waals surface area contributed by atoms with Crippen molar-refractivity contribution in [3.63, 3.8) is 0 Å². The fourth-order valence-corrected chi connectivity index (χ4v) is 5.11. The van der Waals surface area contributed by atoms with Crippen LogP contribution in [0.25, 0.3) is 0 Å². The van der Waals surface area contributed by atoms with Crippen molar-refractivity contribution in [1.82, 2.24) is 0 Å². The van der Waals surface area contributed by atoms with E-state index in [4.69, 9.17) is 9.47 Å². The van der Waals surface area contributed by atoms with E-state index in [9.17, 15) is 26.2 Å². The maximum atomic E-state index is 10.8. The Labute approximate surface area is 261 Å². The molecule has 0 aromatic heterocycles. The summed E-state index contributed by atoms with van der Waals surface area (Å²) in [4.78, 5) is 0. The molecule has 0 amide bonds. The third kappa shape index (κ3) is 6.45. The number of nitriles is 4. The topological polar surface area (TPSA) is 134 Å². The minimum absolute atomic E-state index is 0.207. The Hall–Kier alpha value is -6.54. The van der Waals surface area contributed by atoms with E-state index in [1.807, 2.05) is 86.7 Å². The van der Waals surface area contributed by atoms with Crippen molar-refractivity contribution in [2.75, 3.05) is 0 Å². The zero-order valence-electron chi connectivity index (χ0n) is 24.6. The van der Waals surface area contributed by atoms with Crippen molar-refractivity contribution in [3.8, 4) is 53.0 Å². The van der Waals surface area contributed by atoms with Crippen molar-refractivity contribution in [2.45, 2.75) is 26.7 Å². The molecule has 0 heterocycles. The van der Waals surface area contributed by atoms with E-state index in [2.05, 4.69) is 6.07 Å². The summed E-state index contributed by atoms with van der Waals surface area (Å²) < 4.78 is 12.8. The van der Waals surface area contributed by atoms with E-state index in [1.165, 1.54) is 0 Å². The Morgan fingerprint density at radius 3 is 1.47 bits per heavy atom. The van der Waals surface area contributed by atoms with Crippen molar-refractivity contribution in [1.29, 1.82) is 21.0 Å². The first-order chi connectivity index (χ1) is 21.8. The average molecular weight is 587 g/mol. The van der Waals surface area contributed by atoms with Gasteiger partial charge < -0.3 is 14.6 Å². The molecule has 45 heavy (non-hydrogen) atoms. The Morgan fingerprint density at radius 2 is 0.933 bits per heavy atom. The van der Waals surface area contributed by atoms with Gasteiger partial charge in [-0.2, -0.15) is 21.0 Å². The number of ether oxygens (including phenoxy) is 2. The fraction of sp³-hybridized carbons (Fsp3) is 0.105. The van der Waals surface area contributed by atoms with Gasteiger partial charge in [-0.05, 0) is 83.6 Å². The molecule has 0 spiro atoms. The molecule has 7 nitrogen and oxygen atoms in total. The minimum atomic E-state index is 0.207. The first-order valence-electron chi connectivity index (χ1n) is 14.1. The molecule has 5 aromatic rings. The summed E-state index contributed by atoms with van der Waals surface area (Å²) >= 11 is 0. The molecule has 7 heteroatoms. The molecule has 1 N–H and O–H groups in total. The molecule has 0 unspecified atom stereocenters. The van der Waals surface area contributed by atoms with Crippen molar-refractivity contribution in [2.24, 2.45) is 0 Å². The fourth-order valence-electron chi connectivity index (χ4n) is 5.11. The predicted octanol–water partition coefficient (Wildman–Crippen LogP) is 8.26. The highest BCUT2D eigenvalue weighted by molar-refractivity contribution is 5.56. The lowest BCUT2D eigenvalue weighted by Gasteiger charge is -2.19. The lowest BCUT2D eigenvalue weighted by molar-refractivity contribution is 0.460. The molecule has 0 aliphatic heterocycles. The maximum absolute atomic E-state index is 10.8. The van der Waals surface area contributed by atoms with E-state index in [0.717, 1.165) is 33.4 Å². The molecule has 5 rings (SSSR count). The van der Waals surface area contributed by atoms with Gasteiger partial charge in [0.25, 0.3) is 0 Å². The van der Waals surface area contributed by atoms with Gasteiger partial charge in [0.15, 0.2) is 0 Å². The van der Waals surface area contributed by atoms with Crippen molar-refractivity contribution >= 4 is 0 Å². The smallest absolute Gasteiger partial charge is 0.134 e. The molecule has 0 saturated carbocycles. The van der Waals surface area contributed by atoms with E-state index >= 15 is 0 Å². The van der Waals surface area contributed by atoms with Gasteiger partial charge >= 0.3 is 0 Å². The summed E-state index contributed by atoms with van der Waals surface area (Å²) in [6, 6.07) is 34.9. The predicted molar refractivity (Wildman–Crippen MR) is 168 cm³/mol. The molecule has 0 radical (unpaired) electrons. The van der Waals surface area contributed by atoms with E-state index in [1.54, 1.807) is 36.4 Å². The van der Waals surface area contributed by atoms with Crippen LogP contribution in [0.4, 0.5) is 0 Å². The molecule has 216 valence electrons. The number of phenols is 1. The Balaban J connectivity index is 1.59. The zero-order chi connectivity index (χ0) is 31.9. The lowest BCUT2D eigenvalue weighted by atomic mass is 9.95. The molecule has 0 bridgehead atoms. The summed E-state index contributed by atoms with van der Waals surface area (Å²) in [6.07, 6.45) is 0.792. The molecule has 0 fully saturated rings. The molecular formula is C38H26N4O3. The lowest BCUT2D eigenvalue weighted by Crippen LogP contribution is -2.02. The van der Waals surface area contributed by atoms with Crippen LogP contribution < -0.4 is 9.47 Å². The van der Waals surface area contributed by atoms with Gasteiger partial charge in [0.2, 0.25) is 0 Å². The minimum Gasteiger partial charge on any atom is -0.507 e. The van der Waals surface area contributed by atoms with E-state index in [0.29, 0.717) is 35.8 Å². The highest BCUT2D eigenvalue weighted by atomic mass is 16.5. The van der Waals surface area contributed by atoms with Crippen LogP contribution in [0.1, 0.15) is 55.6 Å². The number of rotatable bonds is 8. The number of phenolic OH excluding ortho intramolecular Hbond substituents is 1. The summed E-state index contributed by atoms with van der Waals surface area (Å²) in [5.74, 6) is 2.22. The van der Waals surface area contributed by atoms with Gasteiger partial charge in [0.05, 0.1) is 22.3 Å². The Kier molecular flexibility index (Phi) is 8.77. The quantitative estimate of drug-likeness (QED) is 0.193. The summed E-state index contributed by atoms with van der Waals surface area (Å²) in [6.45, 7) is 3.78. The third-order valence-electron chi connectivity index (χ3n) is 7.46. The zero-order valence-corrected chi connectivity index (χ0v) is 24.6. The van der Waals surface area contributed by atoms with Gasteiger partial charge in [-0.3, -0.25) is 0 Å². The second-order valence-electron chi connectivity index (χ2n) is 10.5. The second kappa shape index (κ2) is 13.2. The van der Waals surface area contributed by atoms with Gasteiger partial charge in [-0.1, -0.05) is 54.6 Å². The van der Waals surface area contributed by atoms with E-state index < -0.39 is 0 Å². The largest absolute Gasteiger partial charge is 0.507 e. The van der Waals surface area contributed by atoms with Crippen LogP contribution in [0.5, 0.6) is 28.7 Å². The first kappa shape index (κ1) is 29.9. The van der Waals surface area contributed by atoms with Crippen molar-refractivity contribution in [3.05, 3.63) is 147 Å². The highest BCUT2D eigenvalue weighted by Crippen LogP contribution is 2.38. The summed E-state index contributed by atoms with van der Waals surface area (Å²) in [5.41, 5.74) is 5.85. The summed E-state index contributed by atoms with van der Waals surface area (Å²) in [7, 11) is 0. The molecular weight excluding hydrogens is 560 g/mol. The van der Waals surface area contributed by atoms with Crippen LogP contribution in [0.3, 0.4) is 0 Å². The summed E-state index contributed by atoms with van der Waals surface area (Å²) in [5, 5.41) is 48.6. The highest BCUT2D eigenvalue weighted by Gasteiger charge is 2.18. The van der Waals surface area contributed by atoms with Crippen LogP contribution in [0, 0.1) is 59.2 Å². The Bertz CT molecular complexity index is 2110. The average Bonchev–Trinajstić information content (AvgIpc) is 3.05. The second-order valence-corrected chi connectivity index (χ2v) is 10.5. The van der Waals surface area contributed by atoms with Crippen LogP contribution in [-0.2, 0) is 12.8 Å². The molecule has 0 atom stereocenters. The monoisotopic (exact) mass is 586 g/mol. The SMILES string of the molecule is Cc1cccc(Cc2cccc(Cc3cccc(C)c3Oc3ccc(C#N)c(C#N)c3)c2Oc2ccc(C#N)c(C#N)c2)c1O. The van der Waals surface area contributed by atoms with E-state index in [-0.39, 0.29) is 28.0 Å². The van der Waals surface area contributed by atoms with Crippen LogP contribution in [0.15, 0.2) is 91.0 Å². The maximum Gasteiger partial charge on any atom is 0.134 e. The number of hydrogen-bond acceptors (Lipinski definition) is 7. The first-order valence-corrected chi connectivity index (χ1v) is 14.1. The van der Waals surface area contributed by atoms with Crippen LogP contribution in [0.2, 0.25) is 0 Å². The third-order valence-corrected chi connectivity index (χ3v) is 7.46.